The summed E-state index contributed by atoms with van der Waals surface area (Å²) in [5.74, 6) is -4.19. The molecule has 1 atom stereocenters. The van der Waals surface area contributed by atoms with Crippen LogP contribution >= 0.6 is 0 Å². The predicted molar refractivity (Wildman–Crippen MR) is 67.8 cm³/mol. The molecule has 1 unspecified atom stereocenters. The molecule has 1 aliphatic rings. The van der Waals surface area contributed by atoms with Gasteiger partial charge in [-0.25, -0.2) is 0 Å². The number of carbonyl (C=O) groups is 2. The number of carbonyl (C=O) groups excluding carboxylic acids is 2. The molecule has 5 heteroatoms. The minimum atomic E-state index is -4.95. The normalized spacial score (nSPS) is 22.1. The van der Waals surface area contributed by atoms with Crippen LogP contribution in [-0.4, -0.2) is 17.7 Å². The van der Waals surface area contributed by atoms with Gasteiger partial charge in [0.05, 0.1) is 5.92 Å². The van der Waals surface area contributed by atoms with Gasteiger partial charge in [-0.3, -0.25) is 9.59 Å². The second-order valence-electron chi connectivity index (χ2n) is 4.75. The lowest BCUT2D eigenvalue weighted by molar-refractivity contribution is -0.176. The van der Waals surface area contributed by atoms with Crippen molar-refractivity contribution in [1.82, 2.24) is 0 Å². The summed E-state index contributed by atoms with van der Waals surface area (Å²) in [6.45, 7) is 0. The molecule has 0 heterocycles. The SMILES string of the molecule is O=C1C(=Cc2ccccc2)CCCC1C(=O)C(F)(F)F. The molecule has 1 aromatic rings. The summed E-state index contributed by atoms with van der Waals surface area (Å²) >= 11 is 0. The highest BCUT2D eigenvalue weighted by Crippen LogP contribution is 2.32. The van der Waals surface area contributed by atoms with Gasteiger partial charge in [-0.15, -0.1) is 0 Å². The van der Waals surface area contributed by atoms with E-state index >= 15 is 0 Å². The Labute approximate surface area is 114 Å². The summed E-state index contributed by atoms with van der Waals surface area (Å²) in [7, 11) is 0. The van der Waals surface area contributed by atoms with Crippen molar-refractivity contribution in [3.8, 4) is 0 Å². The second kappa shape index (κ2) is 5.61. The lowest BCUT2D eigenvalue weighted by atomic mass is 9.81. The lowest BCUT2D eigenvalue weighted by Crippen LogP contribution is -2.37. The molecule has 1 aromatic carbocycles. The number of benzene rings is 1. The number of halogens is 3. The number of ketones is 2. The third-order valence-corrected chi connectivity index (χ3v) is 3.31. The van der Waals surface area contributed by atoms with E-state index in [9.17, 15) is 22.8 Å². The van der Waals surface area contributed by atoms with E-state index in [2.05, 4.69) is 0 Å². The van der Waals surface area contributed by atoms with E-state index in [1.165, 1.54) is 0 Å². The van der Waals surface area contributed by atoms with Crippen molar-refractivity contribution in [2.75, 3.05) is 0 Å². The van der Waals surface area contributed by atoms with E-state index in [4.69, 9.17) is 0 Å². The summed E-state index contributed by atoms with van der Waals surface area (Å²) in [6, 6.07) is 8.88. The van der Waals surface area contributed by atoms with Gasteiger partial charge in [-0.1, -0.05) is 30.3 Å². The summed E-state index contributed by atoms with van der Waals surface area (Å²) in [5.41, 5.74) is 1.04. The van der Waals surface area contributed by atoms with Gasteiger partial charge < -0.3 is 0 Å². The fourth-order valence-corrected chi connectivity index (χ4v) is 2.32. The number of hydrogen-bond donors (Lipinski definition) is 0. The molecule has 2 nitrogen and oxygen atoms in total. The van der Waals surface area contributed by atoms with Crippen molar-refractivity contribution in [1.29, 1.82) is 0 Å². The first-order valence-electron chi connectivity index (χ1n) is 6.30. The van der Waals surface area contributed by atoms with Crippen LogP contribution in [0.4, 0.5) is 13.2 Å². The highest BCUT2D eigenvalue weighted by molar-refractivity contribution is 6.14. The molecular formula is C15H13F3O2. The molecule has 0 bridgehead atoms. The Balaban J connectivity index is 2.24. The molecule has 0 aromatic heterocycles. The molecule has 2 rings (SSSR count). The summed E-state index contributed by atoms with van der Waals surface area (Å²) in [6.07, 6.45) is -2.58. The van der Waals surface area contributed by atoms with Crippen LogP contribution in [0.15, 0.2) is 35.9 Å². The average Bonchev–Trinajstić information content (AvgIpc) is 2.40. The van der Waals surface area contributed by atoms with Crippen LogP contribution in [0, 0.1) is 5.92 Å². The highest BCUT2D eigenvalue weighted by atomic mass is 19.4. The first kappa shape index (κ1) is 14.5. The molecule has 1 fully saturated rings. The van der Waals surface area contributed by atoms with Crippen molar-refractivity contribution in [2.24, 2.45) is 5.92 Å². The van der Waals surface area contributed by atoms with E-state index in [1.807, 2.05) is 0 Å². The first-order chi connectivity index (χ1) is 9.39. The molecule has 0 saturated heterocycles. The van der Waals surface area contributed by atoms with Gasteiger partial charge in [-0.05, 0) is 36.5 Å². The van der Waals surface area contributed by atoms with Crippen LogP contribution in [-0.2, 0) is 9.59 Å². The van der Waals surface area contributed by atoms with Gasteiger partial charge in [0.1, 0.15) is 0 Å². The Hall–Kier alpha value is -1.91. The molecule has 0 amide bonds. The summed E-state index contributed by atoms with van der Waals surface area (Å²) < 4.78 is 37.3. The third-order valence-electron chi connectivity index (χ3n) is 3.31. The summed E-state index contributed by atoms with van der Waals surface area (Å²) in [5, 5.41) is 0. The van der Waals surface area contributed by atoms with Crippen molar-refractivity contribution in [2.45, 2.75) is 25.4 Å². The van der Waals surface area contributed by atoms with Crippen molar-refractivity contribution in [3.05, 3.63) is 41.5 Å². The monoisotopic (exact) mass is 282 g/mol. The van der Waals surface area contributed by atoms with E-state index in [-0.39, 0.29) is 6.42 Å². The molecule has 106 valence electrons. The van der Waals surface area contributed by atoms with E-state index < -0.39 is 23.7 Å². The van der Waals surface area contributed by atoms with E-state index in [1.54, 1.807) is 36.4 Å². The van der Waals surface area contributed by atoms with Crippen LogP contribution < -0.4 is 0 Å². The van der Waals surface area contributed by atoms with Crippen LogP contribution in [0.5, 0.6) is 0 Å². The van der Waals surface area contributed by atoms with Crippen molar-refractivity contribution < 1.29 is 22.8 Å². The highest BCUT2D eigenvalue weighted by Gasteiger charge is 2.47. The predicted octanol–water partition coefficient (Wildman–Crippen LogP) is 3.57. The Morgan fingerprint density at radius 1 is 1.20 bits per heavy atom. The minimum absolute atomic E-state index is 0.0245. The average molecular weight is 282 g/mol. The quantitative estimate of drug-likeness (QED) is 0.614. The molecular weight excluding hydrogens is 269 g/mol. The van der Waals surface area contributed by atoms with Crippen LogP contribution in [0.25, 0.3) is 6.08 Å². The third kappa shape index (κ3) is 3.15. The van der Waals surface area contributed by atoms with Crippen LogP contribution in [0.2, 0.25) is 0 Å². The van der Waals surface area contributed by atoms with Gasteiger partial charge in [0, 0.05) is 0 Å². The standard InChI is InChI=1S/C15H13F3O2/c16-15(17,18)14(20)12-8-4-7-11(13(12)19)9-10-5-2-1-3-6-10/h1-3,5-6,9,12H,4,7-8H2. The van der Waals surface area contributed by atoms with Crippen molar-refractivity contribution in [3.63, 3.8) is 0 Å². The first-order valence-corrected chi connectivity index (χ1v) is 6.30. The van der Waals surface area contributed by atoms with Crippen LogP contribution in [0.1, 0.15) is 24.8 Å². The Morgan fingerprint density at radius 2 is 1.85 bits per heavy atom. The number of Topliss-reactive ketones (excluding diaryl/α,β-unsaturated/α-hetero) is 2. The topological polar surface area (TPSA) is 34.1 Å². The molecule has 1 aliphatic carbocycles. The lowest BCUT2D eigenvalue weighted by Gasteiger charge is -2.22. The molecule has 0 N–H and O–H groups in total. The van der Waals surface area contributed by atoms with Crippen LogP contribution in [0.3, 0.4) is 0 Å². The van der Waals surface area contributed by atoms with Gasteiger partial charge in [-0.2, -0.15) is 13.2 Å². The number of alkyl halides is 3. The fraction of sp³-hybridized carbons (Fsp3) is 0.333. The van der Waals surface area contributed by atoms with Gasteiger partial charge in [0.15, 0.2) is 5.78 Å². The maximum absolute atomic E-state index is 12.4. The Kier molecular flexibility index (Phi) is 4.06. The Morgan fingerprint density at radius 3 is 2.45 bits per heavy atom. The zero-order valence-corrected chi connectivity index (χ0v) is 10.6. The molecule has 0 aliphatic heterocycles. The second-order valence-corrected chi connectivity index (χ2v) is 4.75. The maximum atomic E-state index is 12.4. The zero-order chi connectivity index (χ0) is 14.8. The smallest absolute Gasteiger partial charge is 0.294 e. The number of hydrogen-bond acceptors (Lipinski definition) is 2. The summed E-state index contributed by atoms with van der Waals surface area (Å²) in [4.78, 5) is 23.3. The molecule has 0 radical (unpaired) electrons. The van der Waals surface area contributed by atoms with E-state index in [0.29, 0.717) is 18.4 Å². The number of rotatable bonds is 2. The van der Waals surface area contributed by atoms with Gasteiger partial charge >= 0.3 is 6.18 Å². The zero-order valence-electron chi connectivity index (χ0n) is 10.6. The molecule has 1 saturated carbocycles. The maximum Gasteiger partial charge on any atom is 0.450 e. The number of allylic oxidation sites excluding steroid dienone is 1. The van der Waals surface area contributed by atoms with Gasteiger partial charge in [0.2, 0.25) is 5.78 Å². The minimum Gasteiger partial charge on any atom is -0.294 e. The molecule has 0 spiro atoms. The van der Waals surface area contributed by atoms with E-state index in [0.717, 1.165) is 5.56 Å². The van der Waals surface area contributed by atoms with Crippen molar-refractivity contribution >= 4 is 17.6 Å². The fourth-order valence-electron chi connectivity index (χ4n) is 2.32. The Bertz CT molecular complexity index is 544. The molecule has 20 heavy (non-hydrogen) atoms. The van der Waals surface area contributed by atoms with Gasteiger partial charge in [0.25, 0.3) is 0 Å². The largest absolute Gasteiger partial charge is 0.450 e.